The molecule has 0 aliphatic carbocycles. The maximum absolute atomic E-state index is 13.3. The van der Waals surface area contributed by atoms with Gasteiger partial charge in [0.05, 0.1) is 10.6 Å². The number of halogens is 1. The Bertz CT molecular complexity index is 1530. The van der Waals surface area contributed by atoms with Crippen LogP contribution in [0.25, 0.3) is 16.9 Å². The van der Waals surface area contributed by atoms with Crippen LogP contribution in [-0.4, -0.2) is 32.8 Å². The van der Waals surface area contributed by atoms with E-state index in [1.54, 1.807) is 23.1 Å². The Labute approximate surface area is 230 Å². The number of aromatic nitrogens is 2. The summed E-state index contributed by atoms with van der Waals surface area (Å²) < 4.78 is 1.84. The Kier molecular flexibility index (Phi) is 7.67. The van der Waals surface area contributed by atoms with Crippen molar-refractivity contribution < 1.29 is 9.59 Å². The molecule has 0 bridgehead atoms. The second kappa shape index (κ2) is 11.5. The van der Waals surface area contributed by atoms with Crippen LogP contribution in [0, 0.1) is 6.92 Å². The van der Waals surface area contributed by atoms with E-state index in [9.17, 15) is 9.59 Å². The van der Waals surface area contributed by atoms with Gasteiger partial charge in [-0.15, -0.1) is 11.3 Å². The van der Waals surface area contributed by atoms with Gasteiger partial charge in [-0.1, -0.05) is 77.8 Å². The van der Waals surface area contributed by atoms with Crippen LogP contribution in [0.1, 0.15) is 20.8 Å². The summed E-state index contributed by atoms with van der Waals surface area (Å²) in [6.07, 6.45) is 1.88. The number of nitrogens with zero attached hydrogens (tertiary/aromatic N) is 3. The Morgan fingerprint density at radius 1 is 0.947 bits per heavy atom. The maximum Gasteiger partial charge on any atom is 0.264 e. The SMILES string of the molecule is Cc1ccc(-n2cc(-c3ccc(Cl)cc3)nc2NC(=O)CN(Cc2ccccc2)C(=O)c2cccs2)cc1. The van der Waals surface area contributed by atoms with Gasteiger partial charge in [-0.05, 0) is 48.2 Å². The molecule has 2 heterocycles. The average molecular weight is 541 g/mol. The molecule has 3 aromatic carbocycles. The number of benzene rings is 3. The summed E-state index contributed by atoms with van der Waals surface area (Å²) in [6.45, 7) is 2.21. The van der Waals surface area contributed by atoms with E-state index in [1.807, 2.05) is 95.9 Å². The highest BCUT2D eigenvalue weighted by Crippen LogP contribution is 2.26. The van der Waals surface area contributed by atoms with Crippen molar-refractivity contribution in [3.05, 3.63) is 124 Å². The first-order valence-corrected chi connectivity index (χ1v) is 13.3. The number of nitrogens with one attached hydrogen (secondary N) is 1. The highest BCUT2D eigenvalue weighted by atomic mass is 35.5. The molecule has 6 nitrogen and oxygen atoms in total. The topological polar surface area (TPSA) is 67.2 Å². The van der Waals surface area contributed by atoms with Crippen molar-refractivity contribution in [2.45, 2.75) is 13.5 Å². The number of anilines is 1. The van der Waals surface area contributed by atoms with Crippen LogP contribution in [0.3, 0.4) is 0 Å². The van der Waals surface area contributed by atoms with Crippen molar-refractivity contribution in [3.8, 4) is 16.9 Å². The molecule has 0 radical (unpaired) electrons. The lowest BCUT2D eigenvalue weighted by molar-refractivity contribution is -0.117. The monoisotopic (exact) mass is 540 g/mol. The minimum atomic E-state index is -0.340. The fourth-order valence-electron chi connectivity index (χ4n) is 4.03. The summed E-state index contributed by atoms with van der Waals surface area (Å²) in [7, 11) is 0. The summed E-state index contributed by atoms with van der Waals surface area (Å²) in [5, 5.41) is 5.42. The van der Waals surface area contributed by atoms with Crippen LogP contribution in [0.5, 0.6) is 0 Å². The van der Waals surface area contributed by atoms with E-state index in [2.05, 4.69) is 5.32 Å². The number of aryl methyl sites for hydroxylation is 1. The van der Waals surface area contributed by atoms with Crippen LogP contribution < -0.4 is 5.32 Å². The smallest absolute Gasteiger partial charge is 0.264 e. The highest BCUT2D eigenvalue weighted by molar-refractivity contribution is 7.12. The number of rotatable bonds is 8. The van der Waals surface area contributed by atoms with Gasteiger partial charge in [0.25, 0.3) is 5.91 Å². The predicted octanol–water partition coefficient (Wildman–Crippen LogP) is 6.84. The Hall–Kier alpha value is -4.20. The van der Waals surface area contributed by atoms with E-state index in [0.29, 0.717) is 28.1 Å². The van der Waals surface area contributed by atoms with Crippen molar-refractivity contribution in [2.24, 2.45) is 0 Å². The molecule has 5 aromatic rings. The van der Waals surface area contributed by atoms with Gasteiger partial charge < -0.3 is 4.90 Å². The van der Waals surface area contributed by atoms with Crippen molar-refractivity contribution in [1.29, 1.82) is 0 Å². The molecule has 8 heteroatoms. The number of hydrogen-bond acceptors (Lipinski definition) is 4. The van der Waals surface area contributed by atoms with Gasteiger partial charge in [0, 0.05) is 29.0 Å². The second-order valence-corrected chi connectivity index (χ2v) is 10.2. The minimum absolute atomic E-state index is 0.122. The predicted molar refractivity (Wildman–Crippen MR) is 153 cm³/mol. The second-order valence-electron chi connectivity index (χ2n) is 8.83. The van der Waals surface area contributed by atoms with Crippen LogP contribution in [0.2, 0.25) is 5.02 Å². The van der Waals surface area contributed by atoms with E-state index >= 15 is 0 Å². The fourth-order valence-corrected chi connectivity index (χ4v) is 4.84. The van der Waals surface area contributed by atoms with E-state index in [0.717, 1.165) is 22.4 Å². The molecule has 0 saturated heterocycles. The largest absolute Gasteiger partial charge is 0.324 e. The normalized spacial score (nSPS) is 10.8. The zero-order valence-electron chi connectivity index (χ0n) is 20.7. The van der Waals surface area contributed by atoms with Gasteiger partial charge in [-0.3, -0.25) is 19.5 Å². The lowest BCUT2D eigenvalue weighted by atomic mass is 10.2. The summed E-state index contributed by atoms with van der Waals surface area (Å²) in [5.74, 6) is -0.165. The maximum atomic E-state index is 13.3. The van der Waals surface area contributed by atoms with Crippen molar-refractivity contribution in [2.75, 3.05) is 11.9 Å². The molecule has 5 rings (SSSR count). The molecule has 0 spiro atoms. The van der Waals surface area contributed by atoms with Crippen molar-refractivity contribution in [1.82, 2.24) is 14.5 Å². The first-order valence-electron chi connectivity index (χ1n) is 12.1. The molecule has 0 atom stereocenters. The molecule has 190 valence electrons. The third-order valence-corrected chi connectivity index (χ3v) is 7.09. The third kappa shape index (κ3) is 6.02. The van der Waals surface area contributed by atoms with Gasteiger partial charge in [0.15, 0.2) is 0 Å². The van der Waals surface area contributed by atoms with Gasteiger partial charge >= 0.3 is 0 Å². The number of amides is 2. The zero-order valence-corrected chi connectivity index (χ0v) is 22.2. The number of carbonyl (C=O) groups excluding carboxylic acids is 2. The van der Waals surface area contributed by atoms with Crippen LogP contribution in [0.4, 0.5) is 5.95 Å². The fraction of sp³-hybridized carbons (Fsp3) is 0.100. The number of hydrogen-bond donors (Lipinski definition) is 1. The third-order valence-electron chi connectivity index (χ3n) is 5.98. The molecule has 0 fully saturated rings. The van der Waals surface area contributed by atoms with Crippen LogP contribution >= 0.6 is 22.9 Å². The standard InChI is InChI=1S/C30H25ClN4O2S/c1-21-9-15-25(16-10-21)35-19-26(23-11-13-24(31)14-12-23)32-30(35)33-28(36)20-34(18-22-6-3-2-4-7-22)29(37)27-8-5-17-38-27/h2-17,19H,18,20H2,1H3,(H,32,33,36). The van der Waals surface area contributed by atoms with E-state index in [-0.39, 0.29) is 18.4 Å². The molecule has 2 aromatic heterocycles. The Balaban J connectivity index is 1.43. The van der Waals surface area contributed by atoms with E-state index in [1.165, 1.54) is 11.3 Å². The van der Waals surface area contributed by atoms with Crippen LogP contribution in [-0.2, 0) is 11.3 Å². The highest BCUT2D eigenvalue weighted by Gasteiger charge is 2.22. The van der Waals surface area contributed by atoms with E-state index in [4.69, 9.17) is 16.6 Å². The Morgan fingerprint density at radius 3 is 2.37 bits per heavy atom. The molecular formula is C30H25ClN4O2S. The molecule has 2 amide bonds. The average Bonchev–Trinajstić information content (AvgIpc) is 3.60. The molecule has 38 heavy (non-hydrogen) atoms. The first kappa shape index (κ1) is 25.4. The van der Waals surface area contributed by atoms with Gasteiger partial charge in [0.2, 0.25) is 11.9 Å². The van der Waals surface area contributed by atoms with Crippen molar-refractivity contribution >= 4 is 40.7 Å². The summed E-state index contributed by atoms with van der Waals surface area (Å²) in [4.78, 5) is 33.5. The molecule has 0 aliphatic heterocycles. The molecule has 1 N–H and O–H groups in total. The Morgan fingerprint density at radius 2 is 1.68 bits per heavy atom. The lowest BCUT2D eigenvalue weighted by Crippen LogP contribution is -2.37. The van der Waals surface area contributed by atoms with E-state index < -0.39 is 0 Å². The summed E-state index contributed by atoms with van der Waals surface area (Å²) in [5.41, 5.74) is 4.48. The molecule has 0 saturated carbocycles. The molecular weight excluding hydrogens is 516 g/mol. The van der Waals surface area contributed by atoms with Gasteiger partial charge in [-0.25, -0.2) is 4.98 Å². The number of thiophene rings is 1. The quantitative estimate of drug-likeness (QED) is 0.234. The number of carbonyl (C=O) groups is 2. The van der Waals surface area contributed by atoms with Crippen LogP contribution in [0.15, 0.2) is 103 Å². The zero-order chi connectivity index (χ0) is 26.5. The minimum Gasteiger partial charge on any atom is -0.324 e. The molecule has 0 unspecified atom stereocenters. The van der Waals surface area contributed by atoms with Gasteiger partial charge in [0.1, 0.15) is 6.54 Å². The van der Waals surface area contributed by atoms with Crippen molar-refractivity contribution in [3.63, 3.8) is 0 Å². The first-order chi connectivity index (χ1) is 18.5. The summed E-state index contributed by atoms with van der Waals surface area (Å²) >= 11 is 7.42. The van der Waals surface area contributed by atoms with Gasteiger partial charge in [-0.2, -0.15) is 0 Å². The molecule has 0 aliphatic rings. The summed E-state index contributed by atoms with van der Waals surface area (Å²) in [6, 6.07) is 28.6. The number of imidazole rings is 1. The lowest BCUT2D eigenvalue weighted by Gasteiger charge is -2.22.